The van der Waals surface area contributed by atoms with Crippen LogP contribution in [0.15, 0.2) is 37.4 Å². The Balaban J connectivity index is 1.27. The summed E-state index contributed by atoms with van der Waals surface area (Å²) >= 11 is 0.860. The van der Waals surface area contributed by atoms with Crippen LogP contribution in [0.3, 0.4) is 0 Å². The molecular formula is C23H29N4OTl. The van der Waals surface area contributed by atoms with Gasteiger partial charge in [0.1, 0.15) is 0 Å². The van der Waals surface area contributed by atoms with Gasteiger partial charge in [0.15, 0.2) is 0 Å². The van der Waals surface area contributed by atoms with Crippen molar-refractivity contribution in [2.75, 3.05) is 0 Å². The van der Waals surface area contributed by atoms with Gasteiger partial charge in [-0.05, 0) is 0 Å². The van der Waals surface area contributed by atoms with E-state index in [4.69, 9.17) is 16.5 Å². The molecule has 3 heterocycles. The molecule has 150 valence electrons. The van der Waals surface area contributed by atoms with E-state index in [1.807, 2.05) is 0 Å². The van der Waals surface area contributed by atoms with E-state index in [-0.39, 0.29) is 23.6 Å². The molecule has 9 aliphatic rings. The number of fused-ring (bicyclic) bond motifs is 2. The summed E-state index contributed by atoms with van der Waals surface area (Å²) in [5.74, 6) is 3.29. The Morgan fingerprint density at radius 2 is 2.17 bits per heavy atom. The number of rotatable bonds is 2. The molecule has 0 aromatic heterocycles. The number of hydrogen-bond donors (Lipinski definition) is 3. The Bertz CT molecular complexity index is 953. The number of aliphatic hydroxyl groups is 1. The van der Waals surface area contributed by atoms with Gasteiger partial charge in [0, 0.05) is 0 Å². The van der Waals surface area contributed by atoms with E-state index in [1.165, 1.54) is 24.3 Å². The molecule has 0 aromatic carbocycles. The summed E-state index contributed by atoms with van der Waals surface area (Å²) in [6, 6.07) is 0.728. The Morgan fingerprint density at radius 3 is 2.90 bits per heavy atom. The number of allylic oxidation sites excluding steroid dienone is 2. The normalized spacial score (nSPS) is 56.4. The predicted molar refractivity (Wildman–Crippen MR) is 112 cm³/mol. The Morgan fingerprint density at radius 1 is 1.34 bits per heavy atom. The van der Waals surface area contributed by atoms with E-state index in [0.29, 0.717) is 29.7 Å². The first-order valence-electron chi connectivity index (χ1n) is 11.4. The molecule has 1 saturated heterocycles. The van der Waals surface area contributed by atoms with E-state index >= 15 is 0 Å². The second-order valence-electron chi connectivity index (χ2n) is 10.7. The van der Waals surface area contributed by atoms with Gasteiger partial charge in [-0.1, -0.05) is 0 Å². The quantitative estimate of drug-likeness (QED) is 0.433. The van der Waals surface area contributed by atoms with Crippen LogP contribution in [0.4, 0.5) is 0 Å². The topological polar surface area (TPSA) is 87.9 Å². The summed E-state index contributed by atoms with van der Waals surface area (Å²) in [7, 11) is 0. The van der Waals surface area contributed by atoms with Gasteiger partial charge >= 0.3 is 189 Å². The molecule has 6 unspecified atom stereocenters. The van der Waals surface area contributed by atoms with Crippen molar-refractivity contribution in [3.63, 3.8) is 0 Å². The fraction of sp³-hybridized carbons (Fsp3) is 0.696. The predicted octanol–water partition coefficient (Wildman–Crippen LogP) is 1.60. The maximum absolute atomic E-state index is 10.7. The number of nitrogens with zero attached hydrogens (tertiary/aromatic N) is 2. The van der Waals surface area contributed by atoms with Crippen LogP contribution in [-0.4, -0.2) is 59.8 Å². The van der Waals surface area contributed by atoms with Gasteiger partial charge in [-0.3, -0.25) is 0 Å². The molecule has 29 heavy (non-hydrogen) atoms. The van der Waals surface area contributed by atoms with E-state index in [2.05, 4.69) is 24.1 Å². The molecule has 6 heteroatoms. The van der Waals surface area contributed by atoms with Gasteiger partial charge in [0.05, 0.1) is 0 Å². The second-order valence-corrected chi connectivity index (χ2v) is 13.1. The minimum atomic E-state index is -0.314. The zero-order valence-electron chi connectivity index (χ0n) is 17.0. The van der Waals surface area contributed by atoms with E-state index < -0.39 is 0 Å². The van der Waals surface area contributed by atoms with Crippen molar-refractivity contribution in [1.29, 1.82) is 0 Å². The van der Waals surface area contributed by atoms with E-state index in [1.54, 1.807) is 8.71 Å². The number of aliphatic hydroxyl groups excluding tert-OH is 1. The van der Waals surface area contributed by atoms with Crippen LogP contribution < -0.4 is 11.5 Å². The van der Waals surface area contributed by atoms with Crippen LogP contribution in [0.1, 0.15) is 39.0 Å². The standard InChI is InChI=1S/C23H29N4O.Tl/c1-2-10-3-4-17(14-5-11(10)20(14)25)26-21-13-6-12-15(19(12)21)7-23-8-18(23)27(22(23)28)9-16(13)24;/h4,9-10,12-15,18-20,22,28H,2-3,6-8,24-25H2,1H3;/b16-9+,26-21?;/t10?,12-,13?,14?,15+,18?,19+,20-,22?,23?;/m0./s1. The Kier molecular flexibility index (Phi) is 3.45. The second kappa shape index (κ2) is 5.57. The third kappa shape index (κ3) is 2.06. The summed E-state index contributed by atoms with van der Waals surface area (Å²) in [6.07, 6.45) is 9.90. The monoisotopic (exact) mass is 582 g/mol. The molecule has 9 rings (SSSR count). The minimum absolute atomic E-state index is 0.164. The molecule has 0 radical (unpaired) electrons. The molecule has 3 aliphatic heterocycles. The molecule has 3 saturated carbocycles. The van der Waals surface area contributed by atoms with Crippen LogP contribution in [0.5, 0.6) is 0 Å². The average Bonchev–Trinajstić information content (AvgIpc) is 3.56. The van der Waals surface area contributed by atoms with Crippen molar-refractivity contribution < 1.29 is 5.11 Å². The Hall–Kier alpha value is -0.668. The number of hydrogen-bond acceptors (Lipinski definition) is 5. The van der Waals surface area contributed by atoms with Crippen molar-refractivity contribution in [1.82, 2.24) is 4.90 Å². The molecule has 0 amide bonds. The molecule has 4 fully saturated rings. The molecule has 5 nitrogen and oxygen atoms in total. The van der Waals surface area contributed by atoms with Crippen LogP contribution in [0, 0.1) is 40.9 Å². The van der Waals surface area contributed by atoms with Gasteiger partial charge in [-0.15, -0.1) is 0 Å². The average molecular weight is 582 g/mol. The van der Waals surface area contributed by atoms with Crippen molar-refractivity contribution in [3.8, 4) is 0 Å². The van der Waals surface area contributed by atoms with Gasteiger partial charge in [0.25, 0.3) is 0 Å². The van der Waals surface area contributed by atoms with Crippen LogP contribution in [0.25, 0.3) is 0 Å². The van der Waals surface area contributed by atoms with Crippen molar-refractivity contribution in [3.05, 3.63) is 32.4 Å². The SMILES string of the molecule is CCC1CC=C(N=C2C3C[C@H]4[C@@H](CC56CC5N(/C=C\3N)C6O)[C@H]24)C2[C]([Tl])=C1[C@@H]2N. The number of aliphatic imine (C=N–C) groups is 1. The van der Waals surface area contributed by atoms with Gasteiger partial charge < -0.3 is 0 Å². The molecule has 6 aliphatic carbocycles. The first-order valence-corrected chi connectivity index (χ1v) is 13.7. The van der Waals surface area contributed by atoms with Gasteiger partial charge in [-0.25, -0.2) is 0 Å². The maximum atomic E-state index is 10.7. The van der Waals surface area contributed by atoms with Gasteiger partial charge in [-0.2, -0.15) is 0 Å². The van der Waals surface area contributed by atoms with Crippen LogP contribution in [0.2, 0.25) is 0 Å². The summed E-state index contributed by atoms with van der Waals surface area (Å²) < 4.78 is 1.63. The summed E-state index contributed by atoms with van der Waals surface area (Å²) in [4.78, 5) is 7.52. The molecule has 5 N–H and O–H groups in total. The zero-order valence-corrected chi connectivity index (χ0v) is 21.4. The van der Waals surface area contributed by atoms with Crippen molar-refractivity contribution in [2.24, 2.45) is 57.4 Å². The fourth-order valence-corrected chi connectivity index (χ4v) is 10.9. The third-order valence-corrected chi connectivity index (χ3v) is 12.3. The van der Waals surface area contributed by atoms with Gasteiger partial charge in [0.2, 0.25) is 0 Å². The molecule has 0 spiro atoms. The third-order valence-electron chi connectivity index (χ3n) is 9.60. The summed E-state index contributed by atoms with van der Waals surface area (Å²) in [5, 5.41) is 10.7. The van der Waals surface area contributed by atoms with Crippen LogP contribution >= 0.6 is 0 Å². The summed E-state index contributed by atoms with van der Waals surface area (Å²) in [6.45, 7) is 2.29. The zero-order chi connectivity index (χ0) is 19.8. The fourth-order valence-electron chi connectivity index (χ4n) is 7.79. The van der Waals surface area contributed by atoms with E-state index in [0.717, 1.165) is 56.6 Å². The first kappa shape index (κ1) is 18.0. The molecule has 0 aromatic rings. The molecule has 8 bridgehead atoms. The van der Waals surface area contributed by atoms with Crippen LogP contribution in [-0.2, 0) is 0 Å². The van der Waals surface area contributed by atoms with Crippen molar-refractivity contribution in [2.45, 2.75) is 57.3 Å². The summed E-state index contributed by atoms with van der Waals surface area (Å²) in [5.41, 5.74) is 18.5. The number of nitrogens with two attached hydrogens (primary N) is 2. The molecule has 10 atom stereocenters. The molecular weight excluding hydrogens is 553 g/mol. The van der Waals surface area contributed by atoms with Crippen molar-refractivity contribution >= 4 is 31.5 Å². The Labute approximate surface area is 188 Å². The van der Waals surface area contributed by atoms with E-state index in [9.17, 15) is 5.11 Å². The first-order chi connectivity index (χ1) is 14.0.